The zero-order valence-electron chi connectivity index (χ0n) is 16.0. The maximum atomic E-state index is 11.5. The molecule has 0 unspecified atom stereocenters. The van der Waals surface area contributed by atoms with Crippen LogP contribution in [0, 0.1) is 0 Å². The first-order valence-electron chi connectivity index (χ1n) is 8.54. The van der Waals surface area contributed by atoms with Gasteiger partial charge in [-0.3, -0.25) is 0 Å². The number of carbonyl (C=O) groups excluding carboxylic acids is 2. The normalized spacial score (nSPS) is 9.76. The van der Waals surface area contributed by atoms with Gasteiger partial charge in [-0.15, -0.1) is 0 Å². The maximum absolute atomic E-state index is 11.5. The summed E-state index contributed by atoms with van der Waals surface area (Å²) in [6.45, 7) is 0. The molecule has 0 aliphatic rings. The Morgan fingerprint density at radius 3 is 1.79 bits per heavy atom. The summed E-state index contributed by atoms with van der Waals surface area (Å²) < 4.78 is 10.0. The predicted octanol–water partition coefficient (Wildman–Crippen LogP) is 4.54. The molecule has 3 aromatic rings. The largest absolute Gasteiger partial charge is 0.465 e. The molecule has 0 aliphatic heterocycles. The van der Waals surface area contributed by atoms with Gasteiger partial charge in [-0.05, 0) is 41.5 Å². The second kappa shape index (κ2) is 10.3. The van der Waals surface area contributed by atoms with Gasteiger partial charge in [-0.2, -0.15) is 0 Å². The summed E-state index contributed by atoms with van der Waals surface area (Å²) in [7, 11) is 2.67. The van der Waals surface area contributed by atoms with E-state index in [9.17, 15) is 9.59 Å². The minimum absolute atomic E-state index is 0.381. The number of ether oxygens (including phenoxy) is 2. The molecule has 150 valence electrons. The van der Waals surface area contributed by atoms with Crippen LogP contribution < -0.4 is 11.5 Å². The van der Waals surface area contributed by atoms with Gasteiger partial charge < -0.3 is 20.9 Å². The zero-order valence-corrected chi connectivity index (χ0v) is 17.6. The lowest BCUT2D eigenvalue weighted by Crippen LogP contribution is -2.05. The fraction of sp³-hybridized carbons (Fsp3) is 0.0909. The highest BCUT2D eigenvalue weighted by molar-refractivity contribution is 9.10. The fourth-order valence-electron chi connectivity index (χ4n) is 2.47. The number of hydrogen-bond acceptors (Lipinski definition) is 6. The standard InChI is InChI=1S/C14H13NO2.C8H8BrNO2/c1-17-14(16)12-9-11(7-8-13(12)15)10-5-3-2-4-6-10;1-12-8(11)6-4-5(9)2-3-7(6)10/h2-9H,15H2,1H3;2-4H,10H2,1H3. The molecule has 4 N–H and O–H groups in total. The van der Waals surface area contributed by atoms with E-state index in [1.165, 1.54) is 14.2 Å². The number of benzene rings is 3. The molecule has 0 radical (unpaired) electrons. The van der Waals surface area contributed by atoms with Crippen molar-refractivity contribution in [2.45, 2.75) is 0 Å². The number of nitrogens with two attached hydrogens (primary N) is 2. The van der Waals surface area contributed by atoms with Crippen molar-refractivity contribution in [1.82, 2.24) is 0 Å². The van der Waals surface area contributed by atoms with E-state index < -0.39 is 11.9 Å². The van der Waals surface area contributed by atoms with Gasteiger partial charge in [0.15, 0.2) is 0 Å². The number of methoxy groups -OCH3 is 2. The summed E-state index contributed by atoms with van der Waals surface area (Å²) in [4.78, 5) is 22.6. The Kier molecular flexibility index (Phi) is 7.79. The van der Waals surface area contributed by atoms with E-state index in [4.69, 9.17) is 11.5 Å². The molecule has 7 heteroatoms. The van der Waals surface area contributed by atoms with Crippen LogP contribution in [0.1, 0.15) is 20.7 Å². The van der Waals surface area contributed by atoms with Crippen molar-refractivity contribution in [3.8, 4) is 11.1 Å². The molecular formula is C22H21BrN2O4. The monoisotopic (exact) mass is 456 g/mol. The molecule has 0 spiro atoms. The van der Waals surface area contributed by atoms with E-state index in [1.54, 1.807) is 30.3 Å². The van der Waals surface area contributed by atoms with Gasteiger partial charge in [0.05, 0.1) is 25.3 Å². The number of esters is 2. The first-order valence-corrected chi connectivity index (χ1v) is 9.33. The van der Waals surface area contributed by atoms with Crippen LogP contribution in [0.3, 0.4) is 0 Å². The minimum atomic E-state index is -0.422. The molecule has 0 fully saturated rings. The second-order valence-corrected chi connectivity index (χ2v) is 6.80. The third-order valence-corrected chi connectivity index (χ3v) is 4.48. The van der Waals surface area contributed by atoms with Gasteiger partial charge in [0.1, 0.15) is 0 Å². The third kappa shape index (κ3) is 5.83. The average Bonchev–Trinajstić information content (AvgIpc) is 2.75. The lowest BCUT2D eigenvalue weighted by Gasteiger charge is -2.07. The Bertz CT molecular complexity index is 1010. The maximum Gasteiger partial charge on any atom is 0.339 e. The van der Waals surface area contributed by atoms with Gasteiger partial charge >= 0.3 is 11.9 Å². The van der Waals surface area contributed by atoms with E-state index in [0.717, 1.165) is 15.6 Å². The smallest absolute Gasteiger partial charge is 0.339 e. The molecule has 29 heavy (non-hydrogen) atoms. The van der Waals surface area contributed by atoms with Crippen molar-refractivity contribution >= 4 is 39.2 Å². The number of rotatable bonds is 3. The molecule has 0 bridgehead atoms. The van der Waals surface area contributed by atoms with Crippen LogP contribution in [-0.4, -0.2) is 26.2 Å². The summed E-state index contributed by atoms with van der Waals surface area (Å²) in [5, 5.41) is 0. The Labute approximate surface area is 177 Å². The van der Waals surface area contributed by atoms with Crippen LogP contribution in [0.2, 0.25) is 0 Å². The summed E-state index contributed by atoms with van der Waals surface area (Å²) in [6, 6.07) is 20.2. The number of halogens is 1. The molecule has 0 amide bonds. The highest BCUT2D eigenvalue weighted by Crippen LogP contribution is 2.24. The van der Waals surface area contributed by atoms with Gasteiger partial charge in [0.25, 0.3) is 0 Å². The molecule has 0 saturated carbocycles. The third-order valence-electron chi connectivity index (χ3n) is 3.99. The Morgan fingerprint density at radius 1 is 0.724 bits per heavy atom. The van der Waals surface area contributed by atoms with Gasteiger partial charge in [-0.1, -0.05) is 52.3 Å². The second-order valence-electron chi connectivity index (χ2n) is 5.88. The van der Waals surface area contributed by atoms with Gasteiger partial charge in [-0.25, -0.2) is 9.59 Å². The number of hydrogen-bond donors (Lipinski definition) is 2. The van der Waals surface area contributed by atoms with E-state index in [1.807, 2.05) is 36.4 Å². The molecule has 0 aliphatic carbocycles. The first-order chi connectivity index (χ1) is 13.9. The van der Waals surface area contributed by atoms with Crippen molar-refractivity contribution in [2.75, 3.05) is 25.7 Å². The van der Waals surface area contributed by atoms with E-state index in [2.05, 4.69) is 25.4 Å². The van der Waals surface area contributed by atoms with E-state index >= 15 is 0 Å². The van der Waals surface area contributed by atoms with Crippen LogP contribution in [0.25, 0.3) is 11.1 Å². The van der Waals surface area contributed by atoms with Crippen LogP contribution in [0.4, 0.5) is 11.4 Å². The van der Waals surface area contributed by atoms with Crippen LogP contribution in [0.5, 0.6) is 0 Å². The van der Waals surface area contributed by atoms with Gasteiger partial charge in [0, 0.05) is 15.8 Å². The van der Waals surface area contributed by atoms with Crippen LogP contribution >= 0.6 is 15.9 Å². The molecule has 0 atom stereocenters. The van der Waals surface area contributed by atoms with Crippen molar-refractivity contribution in [3.63, 3.8) is 0 Å². The molecule has 0 heterocycles. The molecule has 0 aromatic heterocycles. The highest BCUT2D eigenvalue weighted by atomic mass is 79.9. The van der Waals surface area contributed by atoms with Crippen molar-refractivity contribution in [1.29, 1.82) is 0 Å². The summed E-state index contributed by atoms with van der Waals surface area (Å²) >= 11 is 3.23. The predicted molar refractivity (Wildman–Crippen MR) is 118 cm³/mol. The summed E-state index contributed by atoms with van der Waals surface area (Å²) in [6.07, 6.45) is 0. The zero-order chi connectivity index (χ0) is 21.4. The quantitative estimate of drug-likeness (QED) is 0.442. The Hall–Kier alpha value is -3.32. The van der Waals surface area contributed by atoms with E-state index in [-0.39, 0.29) is 0 Å². The number of carbonyl (C=O) groups is 2. The van der Waals surface area contributed by atoms with E-state index in [0.29, 0.717) is 22.5 Å². The van der Waals surface area contributed by atoms with Gasteiger partial charge in [0.2, 0.25) is 0 Å². The molecule has 3 rings (SSSR count). The summed E-state index contributed by atoms with van der Waals surface area (Å²) in [5.74, 6) is -0.839. The van der Waals surface area contributed by atoms with Crippen LogP contribution in [0.15, 0.2) is 71.2 Å². The highest BCUT2D eigenvalue weighted by Gasteiger charge is 2.11. The Balaban J connectivity index is 0.000000221. The fourth-order valence-corrected chi connectivity index (χ4v) is 2.83. The molecule has 3 aromatic carbocycles. The van der Waals surface area contributed by atoms with Crippen molar-refractivity contribution < 1.29 is 19.1 Å². The molecular weight excluding hydrogens is 436 g/mol. The van der Waals surface area contributed by atoms with Crippen LogP contribution in [-0.2, 0) is 9.47 Å². The topological polar surface area (TPSA) is 105 Å². The minimum Gasteiger partial charge on any atom is -0.465 e. The number of anilines is 2. The molecule has 6 nitrogen and oxygen atoms in total. The summed E-state index contributed by atoms with van der Waals surface area (Å²) in [5.41, 5.74) is 14.9. The lowest BCUT2D eigenvalue weighted by molar-refractivity contribution is 0.0593. The average molecular weight is 457 g/mol. The van der Waals surface area contributed by atoms with Crippen molar-refractivity contribution in [2.24, 2.45) is 0 Å². The van der Waals surface area contributed by atoms with Crippen molar-refractivity contribution in [3.05, 3.63) is 82.3 Å². The lowest BCUT2D eigenvalue weighted by atomic mass is 10.0. The Morgan fingerprint density at radius 2 is 1.24 bits per heavy atom. The SMILES string of the molecule is COC(=O)c1cc(-c2ccccc2)ccc1N.COC(=O)c1cc(Br)ccc1N. The molecule has 0 saturated heterocycles. The first kappa shape index (κ1) is 22.0. The number of nitrogen functional groups attached to an aromatic ring is 2.